The third-order valence-electron chi connectivity index (χ3n) is 9.54. The van der Waals surface area contributed by atoms with Gasteiger partial charge in [0.25, 0.3) is 0 Å². The first-order chi connectivity index (χ1) is 23.3. The summed E-state index contributed by atoms with van der Waals surface area (Å²) in [7, 11) is 0. The molecule has 0 fully saturated rings. The smallest absolute Gasteiger partial charge is 0.0727 e. The Hall–Kier alpha value is -5.90. The van der Waals surface area contributed by atoms with Gasteiger partial charge in [-0.15, -0.1) is 11.3 Å². The second kappa shape index (κ2) is 10.3. The fourth-order valence-corrected chi connectivity index (χ4v) is 8.86. The van der Waals surface area contributed by atoms with Crippen molar-refractivity contribution in [2.75, 3.05) is 0 Å². The van der Waals surface area contributed by atoms with Crippen molar-refractivity contribution in [3.8, 4) is 33.6 Å². The topological polar surface area (TPSA) is 9.86 Å². The van der Waals surface area contributed by atoms with Crippen LogP contribution in [0.3, 0.4) is 0 Å². The summed E-state index contributed by atoms with van der Waals surface area (Å²) in [6, 6.07) is 61.6. The van der Waals surface area contributed by atoms with Gasteiger partial charge in [0.15, 0.2) is 0 Å². The van der Waals surface area contributed by atoms with Crippen molar-refractivity contribution in [2.45, 2.75) is 0 Å². The van der Waals surface area contributed by atoms with E-state index in [-0.39, 0.29) is 0 Å². The first-order valence-corrected chi connectivity index (χ1v) is 16.9. The van der Waals surface area contributed by atoms with Gasteiger partial charge in [-0.3, -0.25) is 0 Å². The lowest BCUT2D eigenvalue weighted by Gasteiger charge is -2.10. The second-order valence-corrected chi connectivity index (χ2v) is 13.1. The summed E-state index contributed by atoms with van der Waals surface area (Å²) in [5, 5.41) is 5.16. The average Bonchev–Trinajstić information content (AvgIpc) is 3.80. The normalized spacial score (nSPS) is 11.8. The Morgan fingerprint density at radius 1 is 0.340 bits per heavy atom. The number of benzene rings is 7. The van der Waals surface area contributed by atoms with Gasteiger partial charge >= 0.3 is 0 Å². The summed E-state index contributed by atoms with van der Waals surface area (Å²) in [5.41, 5.74) is 12.3. The minimum atomic E-state index is 1.18. The molecule has 0 saturated heterocycles. The Bertz CT molecular complexity index is 2760. The van der Waals surface area contributed by atoms with Crippen LogP contribution in [0.15, 0.2) is 170 Å². The van der Waals surface area contributed by atoms with E-state index in [9.17, 15) is 0 Å². The first kappa shape index (κ1) is 26.3. The molecule has 0 atom stereocenters. The van der Waals surface area contributed by atoms with Gasteiger partial charge in [0.05, 0.1) is 26.8 Å². The Labute approximate surface area is 276 Å². The van der Waals surface area contributed by atoms with Gasteiger partial charge in [0.2, 0.25) is 0 Å². The molecule has 0 aliphatic carbocycles. The van der Waals surface area contributed by atoms with E-state index in [0.717, 1.165) is 0 Å². The lowest BCUT2D eigenvalue weighted by molar-refractivity contribution is 1.18. The predicted molar refractivity (Wildman–Crippen MR) is 201 cm³/mol. The highest BCUT2D eigenvalue weighted by molar-refractivity contribution is 7.27. The third kappa shape index (κ3) is 3.90. The molecule has 0 bridgehead atoms. The molecule has 10 aromatic rings. The van der Waals surface area contributed by atoms with E-state index in [2.05, 4.69) is 179 Å². The molecule has 7 aromatic carbocycles. The monoisotopic (exact) mass is 616 g/mol. The molecular weight excluding hydrogens is 589 g/mol. The standard InChI is InChI=1S/C44H28N2S/c1-3-13-31(14-4-1)45-38-22-9-7-17-35(38)41-33(19-12-24-40(41)45)29-25-27-30(28-26-29)34-20-11-21-37-42-44(47-43(34)37)36-18-8-10-23-39(36)46(42)32-15-5-2-6-16-32/h1-28H. The number of aromatic nitrogens is 2. The van der Waals surface area contributed by atoms with Crippen LogP contribution in [0.25, 0.3) is 86.6 Å². The van der Waals surface area contributed by atoms with E-state index < -0.39 is 0 Å². The molecule has 0 unspecified atom stereocenters. The molecule has 0 aliphatic heterocycles. The van der Waals surface area contributed by atoms with Crippen LogP contribution in [0.1, 0.15) is 0 Å². The zero-order chi connectivity index (χ0) is 30.9. The van der Waals surface area contributed by atoms with Crippen LogP contribution < -0.4 is 0 Å². The zero-order valence-electron chi connectivity index (χ0n) is 25.5. The summed E-state index contributed by atoms with van der Waals surface area (Å²) < 4.78 is 7.48. The van der Waals surface area contributed by atoms with Crippen molar-refractivity contribution in [1.82, 2.24) is 9.13 Å². The number of hydrogen-bond donors (Lipinski definition) is 0. The van der Waals surface area contributed by atoms with Gasteiger partial charge in [-0.2, -0.15) is 0 Å². The maximum Gasteiger partial charge on any atom is 0.0727 e. The molecule has 3 aromatic heterocycles. The summed E-state index contributed by atoms with van der Waals surface area (Å²) in [6.07, 6.45) is 0. The van der Waals surface area contributed by atoms with E-state index in [4.69, 9.17) is 0 Å². The van der Waals surface area contributed by atoms with Gasteiger partial charge in [-0.25, -0.2) is 0 Å². The molecule has 10 rings (SSSR count). The van der Waals surface area contributed by atoms with E-state index in [1.807, 2.05) is 11.3 Å². The second-order valence-electron chi connectivity index (χ2n) is 12.1. The first-order valence-electron chi connectivity index (χ1n) is 16.0. The van der Waals surface area contributed by atoms with Crippen LogP contribution in [0.2, 0.25) is 0 Å². The molecule has 220 valence electrons. The van der Waals surface area contributed by atoms with Crippen molar-refractivity contribution in [3.63, 3.8) is 0 Å². The number of rotatable bonds is 4. The van der Waals surface area contributed by atoms with Crippen LogP contribution in [0.5, 0.6) is 0 Å². The van der Waals surface area contributed by atoms with E-state index in [1.165, 1.54) is 86.6 Å². The van der Waals surface area contributed by atoms with Crippen LogP contribution in [-0.2, 0) is 0 Å². The fourth-order valence-electron chi connectivity index (χ4n) is 7.51. The molecule has 0 spiro atoms. The molecule has 0 saturated carbocycles. The highest BCUT2D eigenvalue weighted by Crippen LogP contribution is 2.46. The van der Waals surface area contributed by atoms with E-state index in [0.29, 0.717) is 0 Å². The molecule has 0 amide bonds. The fraction of sp³-hybridized carbons (Fsp3) is 0. The quantitative estimate of drug-likeness (QED) is 0.186. The number of nitrogens with zero attached hydrogens (tertiary/aromatic N) is 2. The number of fused-ring (bicyclic) bond motifs is 8. The van der Waals surface area contributed by atoms with Crippen molar-refractivity contribution in [2.24, 2.45) is 0 Å². The molecule has 2 nitrogen and oxygen atoms in total. The highest BCUT2D eigenvalue weighted by Gasteiger charge is 2.20. The molecule has 47 heavy (non-hydrogen) atoms. The average molecular weight is 617 g/mol. The lowest BCUT2D eigenvalue weighted by Crippen LogP contribution is -1.93. The van der Waals surface area contributed by atoms with Crippen molar-refractivity contribution in [1.29, 1.82) is 0 Å². The summed E-state index contributed by atoms with van der Waals surface area (Å²) in [6.45, 7) is 0. The molecule has 0 aliphatic rings. The molecular formula is C44H28N2S. The summed E-state index contributed by atoms with van der Waals surface area (Å²) in [5.74, 6) is 0. The van der Waals surface area contributed by atoms with Crippen LogP contribution in [0.4, 0.5) is 0 Å². The van der Waals surface area contributed by atoms with Gasteiger partial charge in [0, 0.05) is 37.6 Å². The number of thiophene rings is 1. The Morgan fingerprint density at radius 3 is 1.57 bits per heavy atom. The van der Waals surface area contributed by atoms with Crippen LogP contribution >= 0.6 is 11.3 Å². The minimum Gasteiger partial charge on any atom is -0.309 e. The SMILES string of the molecule is c1ccc(-n2c3ccccc3c3c(-c4ccc(-c5cccc6c5sc5c7ccccc7n(-c7ccccc7)c65)cc4)cccc32)cc1. The Balaban J connectivity index is 1.14. The van der Waals surface area contributed by atoms with Gasteiger partial charge in [-0.1, -0.05) is 127 Å². The van der Waals surface area contributed by atoms with Crippen LogP contribution in [0, 0.1) is 0 Å². The number of hydrogen-bond acceptors (Lipinski definition) is 1. The van der Waals surface area contributed by atoms with Crippen molar-refractivity contribution < 1.29 is 0 Å². The molecule has 0 N–H and O–H groups in total. The molecule has 3 heterocycles. The predicted octanol–water partition coefficient (Wildman–Crippen LogP) is 12.4. The maximum atomic E-state index is 2.43. The highest BCUT2D eigenvalue weighted by atomic mass is 32.1. The summed E-state index contributed by atoms with van der Waals surface area (Å²) in [4.78, 5) is 0. The van der Waals surface area contributed by atoms with Gasteiger partial charge in [-0.05, 0) is 64.7 Å². The lowest BCUT2D eigenvalue weighted by atomic mass is 9.96. The minimum absolute atomic E-state index is 1.18. The Morgan fingerprint density at radius 2 is 0.851 bits per heavy atom. The van der Waals surface area contributed by atoms with Crippen molar-refractivity contribution >= 4 is 64.3 Å². The Kier molecular flexibility index (Phi) is 5.78. The molecule has 0 radical (unpaired) electrons. The van der Waals surface area contributed by atoms with Gasteiger partial charge in [0.1, 0.15) is 0 Å². The largest absolute Gasteiger partial charge is 0.309 e. The third-order valence-corrected chi connectivity index (χ3v) is 10.8. The number of para-hydroxylation sites is 4. The van der Waals surface area contributed by atoms with Crippen molar-refractivity contribution in [3.05, 3.63) is 170 Å². The van der Waals surface area contributed by atoms with Crippen LogP contribution in [-0.4, -0.2) is 9.13 Å². The maximum absolute atomic E-state index is 2.43. The van der Waals surface area contributed by atoms with E-state index in [1.54, 1.807) is 0 Å². The zero-order valence-corrected chi connectivity index (χ0v) is 26.3. The molecule has 3 heteroatoms. The van der Waals surface area contributed by atoms with E-state index >= 15 is 0 Å². The summed E-state index contributed by atoms with van der Waals surface area (Å²) >= 11 is 1.91. The van der Waals surface area contributed by atoms with Gasteiger partial charge < -0.3 is 9.13 Å².